The predicted octanol–water partition coefficient (Wildman–Crippen LogP) is 4.80. The standard InChI is InChI=1S/C42H56F2N6O9S/c1-40(2,3)33-37(52)50-21-25(19-31(50)35(51)48-42(20-27(42)34(43)44)38(53)49-60(55,56)41(4)15-16-41)58-36-29(45-28-14-13-24(57-5)18-30(28)46-36)10-8-6-7-9-26-22-11-12-23(17-22)32(26)59-39(54)47-33/h13-14,18,22-23,25-27,31-34H,6-12,15-17,19-21H2,1-5H3,(H,47,54)(H,48,51)(H,49,53)/t22-,23-,25+,26+,27-,31-,32+,33+,42+/m0/s1. The monoisotopic (exact) mass is 858 g/mol. The molecule has 60 heavy (non-hydrogen) atoms. The highest BCUT2D eigenvalue weighted by Gasteiger charge is 2.67. The van der Waals surface area contributed by atoms with Gasteiger partial charge in [-0.25, -0.2) is 32.0 Å². The molecule has 5 fully saturated rings. The van der Waals surface area contributed by atoms with Crippen molar-refractivity contribution in [3.05, 3.63) is 23.9 Å². The van der Waals surface area contributed by atoms with Crippen LogP contribution in [0.2, 0.25) is 0 Å². The maximum atomic E-state index is 14.8. The zero-order valence-electron chi connectivity index (χ0n) is 34.8. The van der Waals surface area contributed by atoms with Crippen LogP contribution in [0.1, 0.15) is 104 Å². The molecule has 1 aromatic heterocycles. The average molecular weight is 859 g/mol. The minimum atomic E-state index is -4.24. The summed E-state index contributed by atoms with van der Waals surface area (Å²) in [6.07, 6.45) is 2.09. The van der Waals surface area contributed by atoms with E-state index >= 15 is 0 Å². The van der Waals surface area contributed by atoms with E-state index in [1.54, 1.807) is 32.9 Å². The molecule has 3 N–H and O–H groups in total. The van der Waals surface area contributed by atoms with Crippen molar-refractivity contribution in [1.29, 1.82) is 0 Å². The number of ether oxygens (including phenoxy) is 3. The van der Waals surface area contributed by atoms with E-state index in [9.17, 15) is 36.4 Å². The summed E-state index contributed by atoms with van der Waals surface area (Å²) in [6.45, 7) is 6.59. The Bertz CT molecular complexity index is 2170. The fraction of sp³-hybridized carbons (Fsp3) is 0.714. The molecule has 0 radical (unpaired) electrons. The molecule has 6 aliphatic rings. The number of methoxy groups -OCH3 is 1. The zero-order chi connectivity index (χ0) is 42.9. The molecule has 1 saturated heterocycles. The third-order valence-electron chi connectivity index (χ3n) is 14.0. The predicted molar refractivity (Wildman–Crippen MR) is 213 cm³/mol. The number of carbonyl (C=O) groups is 4. The van der Waals surface area contributed by atoms with Gasteiger partial charge in [0.1, 0.15) is 41.3 Å². The molecule has 4 aliphatic carbocycles. The lowest BCUT2D eigenvalue weighted by Gasteiger charge is -2.36. The molecule has 8 rings (SSSR count). The van der Waals surface area contributed by atoms with Crippen molar-refractivity contribution in [3.63, 3.8) is 0 Å². The van der Waals surface area contributed by atoms with Crippen molar-refractivity contribution >= 4 is 44.9 Å². The van der Waals surface area contributed by atoms with Gasteiger partial charge in [0.25, 0.3) is 5.91 Å². The quantitative estimate of drug-likeness (QED) is 0.346. The van der Waals surface area contributed by atoms with E-state index in [1.165, 1.54) is 18.9 Å². The second kappa shape index (κ2) is 15.5. The van der Waals surface area contributed by atoms with Crippen LogP contribution in [0.4, 0.5) is 13.6 Å². The van der Waals surface area contributed by atoms with E-state index in [0.29, 0.717) is 47.7 Å². The van der Waals surface area contributed by atoms with Crippen LogP contribution < -0.4 is 24.8 Å². The number of aryl methyl sites for hydroxylation is 1. The van der Waals surface area contributed by atoms with Gasteiger partial charge in [0, 0.05) is 12.5 Å². The minimum Gasteiger partial charge on any atom is -0.497 e. The Kier molecular flexibility index (Phi) is 11.0. The fourth-order valence-electron chi connectivity index (χ4n) is 9.99. The van der Waals surface area contributed by atoms with Gasteiger partial charge >= 0.3 is 6.09 Å². The van der Waals surface area contributed by atoms with Crippen molar-refractivity contribution in [3.8, 4) is 11.6 Å². The van der Waals surface area contributed by atoms with Gasteiger partial charge in [-0.1, -0.05) is 33.6 Å². The van der Waals surface area contributed by atoms with Crippen LogP contribution in [-0.2, 0) is 35.6 Å². The van der Waals surface area contributed by atoms with E-state index in [-0.39, 0.29) is 36.8 Å². The molecule has 2 aliphatic heterocycles. The number of nitrogens with one attached hydrogen (secondary N) is 3. The van der Waals surface area contributed by atoms with E-state index in [1.807, 2.05) is 10.8 Å². The van der Waals surface area contributed by atoms with Crippen LogP contribution in [-0.4, -0.2) is 102 Å². The van der Waals surface area contributed by atoms with Crippen molar-refractivity contribution in [2.75, 3.05) is 13.7 Å². The van der Waals surface area contributed by atoms with Crippen LogP contribution in [0.3, 0.4) is 0 Å². The molecule has 4 amide bonds. The summed E-state index contributed by atoms with van der Waals surface area (Å²) in [6, 6.07) is 2.76. The third-order valence-corrected chi connectivity index (χ3v) is 16.2. The first kappa shape index (κ1) is 42.3. The van der Waals surface area contributed by atoms with Gasteiger partial charge in [-0.15, -0.1) is 0 Å². The number of rotatable bonds is 7. The number of amides is 4. The number of halogens is 2. The number of alkyl halides is 2. The molecule has 328 valence electrons. The first-order valence-corrected chi connectivity index (χ1v) is 22.8. The van der Waals surface area contributed by atoms with E-state index < -0.39 is 86.5 Å². The summed E-state index contributed by atoms with van der Waals surface area (Å²) >= 11 is 0. The smallest absolute Gasteiger partial charge is 0.408 e. The number of sulfonamides is 1. The maximum absolute atomic E-state index is 14.8. The highest BCUT2D eigenvalue weighted by Crippen LogP contribution is 2.52. The van der Waals surface area contributed by atoms with Crippen LogP contribution >= 0.6 is 0 Å². The van der Waals surface area contributed by atoms with Crippen molar-refractivity contribution in [1.82, 2.24) is 30.2 Å². The summed E-state index contributed by atoms with van der Waals surface area (Å²) in [4.78, 5) is 67.7. The van der Waals surface area contributed by atoms with Crippen LogP contribution in [0.25, 0.3) is 11.0 Å². The lowest BCUT2D eigenvalue weighted by atomic mass is 9.82. The molecule has 1 aromatic carbocycles. The Morgan fingerprint density at radius 3 is 2.45 bits per heavy atom. The first-order chi connectivity index (χ1) is 28.3. The number of alkyl carbamates (subject to hydrolysis) is 1. The summed E-state index contributed by atoms with van der Waals surface area (Å²) in [5, 5.41) is 5.30. The Labute approximate surface area is 348 Å². The van der Waals surface area contributed by atoms with Crippen molar-refractivity contribution < 1.29 is 50.6 Å². The number of carbonyl (C=O) groups excluding carboxylic acids is 4. The largest absolute Gasteiger partial charge is 0.497 e. The van der Waals surface area contributed by atoms with Gasteiger partial charge in [0.05, 0.1) is 35.4 Å². The molecular weight excluding hydrogens is 803 g/mol. The molecule has 4 saturated carbocycles. The number of fused-ring (bicyclic) bond motifs is 9. The Morgan fingerprint density at radius 2 is 1.77 bits per heavy atom. The third kappa shape index (κ3) is 7.96. The molecule has 0 unspecified atom stereocenters. The van der Waals surface area contributed by atoms with Gasteiger partial charge in [0.15, 0.2) is 0 Å². The topological polar surface area (TPSA) is 195 Å². The lowest BCUT2D eigenvalue weighted by Crippen LogP contribution is -2.60. The number of nitrogens with zero attached hydrogens (tertiary/aromatic N) is 3. The number of aromatic nitrogens is 2. The second-order valence-corrected chi connectivity index (χ2v) is 21.4. The van der Waals surface area contributed by atoms with Crippen LogP contribution in [0.5, 0.6) is 11.6 Å². The van der Waals surface area contributed by atoms with E-state index in [4.69, 9.17) is 24.2 Å². The summed E-state index contributed by atoms with van der Waals surface area (Å²) < 4.78 is 73.6. The number of hydrogen-bond donors (Lipinski definition) is 3. The minimum absolute atomic E-state index is 0.142. The maximum Gasteiger partial charge on any atom is 0.408 e. The Morgan fingerprint density at radius 1 is 1.02 bits per heavy atom. The lowest BCUT2D eigenvalue weighted by molar-refractivity contribution is -0.143. The second-order valence-electron chi connectivity index (χ2n) is 19.2. The molecule has 4 bridgehead atoms. The van der Waals surface area contributed by atoms with Gasteiger partial charge in [-0.2, -0.15) is 0 Å². The molecule has 9 atom stereocenters. The molecule has 3 heterocycles. The number of hydrogen-bond acceptors (Lipinski definition) is 11. The Hall–Kier alpha value is -4.35. The van der Waals surface area contributed by atoms with Crippen LogP contribution in [0.15, 0.2) is 18.2 Å². The fourth-order valence-corrected chi connectivity index (χ4v) is 11.3. The molecule has 18 heteroatoms. The molecule has 2 aromatic rings. The summed E-state index contributed by atoms with van der Waals surface area (Å²) in [5.74, 6) is -2.83. The number of benzene rings is 1. The molecular formula is C42H56F2N6O9S. The highest BCUT2D eigenvalue weighted by atomic mass is 32.2. The first-order valence-electron chi connectivity index (χ1n) is 21.3. The van der Waals surface area contributed by atoms with Gasteiger partial charge in [-0.3, -0.25) is 19.1 Å². The van der Waals surface area contributed by atoms with Gasteiger partial charge in [0.2, 0.25) is 34.1 Å². The van der Waals surface area contributed by atoms with Gasteiger partial charge < -0.3 is 29.7 Å². The molecule has 15 nitrogen and oxygen atoms in total. The highest BCUT2D eigenvalue weighted by molar-refractivity contribution is 7.91. The normalized spacial score (nSPS) is 32.8. The summed E-state index contributed by atoms with van der Waals surface area (Å²) in [5.41, 5.74) is -1.40. The van der Waals surface area contributed by atoms with Crippen molar-refractivity contribution in [2.24, 2.45) is 29.1 Å². The van der Waals surface area contributed by atoms with E-state index in [0.717, 1.165) is 44.9 Å². The molecule has 0 spiro atoms. The van der Waals surface area contributed by atoms with E-state index in [2.05, 4.69) is 10.6 Å². The summed E-state index contributed by atoms with van der Waals surface area (Å²) in [7, 11) is -2.70. The average Bonchev–Trinajstić information content (AvgIpc) is 3.94. The zero-order valence-corrected chi connectivity index (χ0v) is 35.6. The van der Waals surface area contributed by atoms with Crippen LogP contribution in [0, 0.1) is 29.1 Å². The van der Waals surface area contributed by atoms with Gasteiger partial charge in [-0.05, 0) is 100 Å². The SMILES string of the molecule is COc1ccc2nc3c(nc2c1)O[C@@H]1C[C@@H](C(=O)N[C@]2(C(=O)NS(=O)(=O)C4(C)CC4)C[C@H]2C(F)F)N(C1)C(=O)[C@H](C(C)(C)C)NC(=O)O[C@@H]1[C@H]2CC[C@@H](C2)[C@H]1CCCCC3. The Balaban J connectivity index is 1.14. The van der Waals surface area contributed by atoms with Crippen molar-refractivity contribution in [2.45, 2.75) is 146 Å².